The van der Waals surface area contributed by atoms with Gasteiger partial charge in [0.2, 0.25) is 17.7 Å². The Bertz CT molecular complexity index is 786. The molecular weight excluding hydrogens is 372 g/mol. The number of carbonyl (C=O) groups is 3. The lowest BCUT2D eigenvalue weighted by atomic mass is 10.2. The fourth-order valence-electron chi connectivity index (χ4n) is 2.47. The van der Waals surface area contributed by atoms with Gasteiger partial charge in [0, 0.05) is 25.9 Å². The highest BCUT2D eigenvalue weighted by Gasteiger charge is 2.17. The molecule has 144 valence electrons. The Kier molecular flexibility index (Phi) is 6.66. The molecule has 10 heteroatoms. The zero-order valence-corrected chi connectivity index (χ0v) is 15.4. The average molecular weight is 392 g/mol. The van der Waals surface area contributed by atoms with Crippen LogP contribution in [0.1, 0.15) is 12.8 Å². The number of carbonyl (C=O) groups excluding carboxylic acids is 3. The summed E-state index contributed by atoms with van der Waals surface area (Å²) in [6, 6.07) is 7.31. The molecule has 0 unspecified atom stereocenters. The first-order valence-corrected chi connectivity index (χ1v) is 9.52. The summed E-state index contributed by atoms with van der Waals surface area (Å²) in [6.45, 7) is 2.13. The van der Waals surface area contributed by atoms with Crippen molar-refractivity contribution in [3.8, 4) is 0 Å². The van der Waals surface area contributed by atoms with Gasteiger partial charge < -0.3 is 14.1 Å². The van der Waals surface area contributed by atoms with Crippen LogP contribution in [-0.2, 0) is 19.1 Å². The maximum Gasteiger partial charge on any atom is 0.257 e. The summed E-state index contributed by atoms with van der Waals surface area (Å²) in [5.41, 5.74) is 5.99. The van der Waals surface area contributed by atoms with Crippen molar-refractivity contribution in [3.05, 3.63) is 24.3 Å². The van der Waals surface area contributed by atoms with Gasteiger partial charge in [-0.05, 0) is 12.1 Å². The molecule has 0 aliphatic carbocycles. The molecular formula is C17H20N4O5S. The Morgan fingerprint density at radius 1 is 1.07 bits per heavy atom. The number of rotatable bonds is 6. The fourth-order valence-corrected chi connectivity index (χ4v) is 3.11. The van der Waals surface area contributed by atoms with Crippen LogP contribution < -0.4 is 10.9 Å². The van der Waals surface area contributed by atoms with Crippen LogP contribution in [0, 0.1) is 0 Å². The van der Waals surface area contributed by atoms with Gasteiger partial charge in [-0.15, -0.1) is 0 Å². The van der Waals surface area contributed by atoms with Crippen LogP contribution in [0.25, 0.3) is 11.1 Å². The maximum absolute atomic E-state index is 12.0. The maximum atomic E-state index is 12.0. The van der Waals surface area contributed by atoms with Gasteiger partial charge in [0.05, 0.1) is 19.0 Å². The van der Waals surface area contributed by atoms with Gasteiger partial charge in [-0.1, -0.05) is 23.9 Å². The molecule has 3 amide bonds. The zero-order chi connectivity index (χ0) is 19.1. The summed E-state index contributed by atoms with van der Waals surface area (Å²) >= 11 is 1.13. The van der Waals surface area contributed by atoms with Gasteiger partial charge in [0.15, 0.2) is 5.58 Å². The third-order valence-corrected chi connectivity index (χ3v) is 4.70. The molecule has 0 bridgehead atoms. The van der Waals surface area contributed by atoms with E-state index in [1.54, 1.807) is 11.0 Å². The second-order valence-corrected chi connectivity index (χ2v) is 6.75. The minimum atomic E-state index is -0.420. The van der Waals surface area contributed by atoms with Crippen molar-refractivity contribution in [3.63, 3.8) is 0 Å². The van der Waals surface area contributed by atoms with Crippen LogP contribution >= 0.6 is 11.8 Å². The number of aromatic nitrogens is 1. The molecule has 0 radical (unpaired) electrons. The van der Waals surface area contributed by atoms with Crippen LogP contribution in [0.2, 0.25) is 0 Å². The van der Waals surface area contributed by atoms with E-state index in [2.05, 4.69) is 15.8 Å². The number of nitrogens with one attached hydrogen (secondary N) is 2. The summed E-state index contributed by atoms with van der Waals surface area (Å²) in [4.78, 5) is 41.5. The SMILES string of the molecule is O=C(CCC(=O)N1CCOCC1)NNC(=O)CSc1nc2ccccc2o1. The molecule has 27 heavy (non-hydrogen) atoms. The number of benzene rings is 1. The quantitative estimate of drug-likeness (QED) is 0.550. The number of morpholine rings is 1. The molecule has 3 rings (SSSR count). The van der Waals surface area contributed by atoms with Crippen LogP contribution in [0.4, 0.5) is 0 Å². The van der Waals surface area contributed by atoms with E-state index in [1.807, 2.05) is 18.2 Å². The van der Waals surface area contributed by atoms with Crippen LogP contribution in [-0.4, -0.2) is 59.7 Å². The molecule has 1 aliphatic rings. The van der Waals surface area contributed by atoms with E-state index in [0.717, 1.165) is 17.3 Å². The highest BCUT2D eigenvalue weighted by Crippen LogP contribution is 2.22. The number of amides is 3. The first-order chi connectivity index (χ1) is 13.1. The minimum absolute atomic E-state index is 0.00867. The summed E-state index contributed by atoms with van der Waals surface area (Å²) in [5, 5.41) is 0.383. The minimum Gasteiger partial charge on any atom is -0.431 e. The van der Waals surface area contributed by atoms with E-state index in [1.165, 1.54) is 0 Å². The lowest BCUT2D eigenvalue weighted by molar-refractivity contribution is -0.137. The molecule has 1 fully saturated rings. The second kappa shape index (κ2) is 9.38. The van der Waals surface area contributed by atoms with Crippen LogP contribution in [0.3, 0.4) is 0 Å². The molecule has 2 heterocycles. The molecule has 2 N–H and O–H groups in total. The van der Waals surface area contributed by atoms with Crippen LogP contribution in [0.15, 0.2) is 33.9 Å². The summed E-state index contributed by atoms with van der Waals surface area (Å²) in [6.07, 6.45) is 0.105. The third kappa shape index (κ3) is 5.69. The number of nitrogens with zero attached hydrogens (tertiary/aromatic N) is 2. The Balaban J connectivity index is 1.33. The smallest absolute Gasteiger partial charge is 0.257 e. The van der Waals surface area contributed by atoms with E-state index in [9.17, 15) is 14.4 Å². The highest BCUT2D eigenvalue weighted by atomic mass is 32.2. The molecule has 0 atom stereocenters. The van der Waals surface area contributed by atoms with Crippen molar-refractivity contribution in [1.82, 2.24) is 20.7 Å². The highest BCUT2D eigenvalue weighted by molar-refractivity contribution is 7.99. The molecule has 9 nitrogen and oxygen atoms in total. The standard InChI is InChI=1S/C17H20N4O5S/c22-14(5-6-16(24)21-7-9-25-10-8-21)19-20-15(23)11-27-17-18-12-3-1-2-4-13(12)26-17/h1-4H,5-11H2,(H,19,22)(H,20,23). The van der Waals surface area contributed by atoms with E-state index in [0.29, 0.717) is 37.1 Å². The number of thioether (sulfide) groups is 1. The number of hydrogen-bond donors (Lipinski definition) is 2. The molecule has 1 aromatic heterocycles. The number of oxazole rings is 1. The topological polar surface area (TPSA) is 114 Å². The number of hydrazine groups is 1. The van der Waals surface area contributed by atoms with E-state index < -0.39 is 11.8 Å². The Labute approximate surface area is 159 Å². The summed E-state index contributed by atoms with van der Waals surface area (Å²) in [5.74, 6) is -0.863. The van der Waals surface area contributed by atoms with Crippen molar-refractivity contribution in [1.29, 1.82) is 0 Å². The number of ether oxygens (including phenoxy) is 1. The summed E-state index contributed by atoms with van der Waals surface area (Å²) < 4.78 is 10.7. The van der Waals surface area contributed by atoms with Crippen molar-refractivity contribution >= 4 is 40.6 Å². The molecule has 1 aromatic carbocycles. The summed E-state index contributed by atoms with van der Waals surface area (Å²) in [7, 11) is 0. The Hall–Kier alpha value is -2.59. The van der Waals surface area contributed by atoms with Crippen molar-refractivity contribution in [2.45, 2.75) is 18.1 Å². The molecule has 2 aromatic rings. The monoisotopic (exact) mass is 392 g/mol. The number of para-hydroxylation sites is 2. The van der Waals surface area contributed by atoms with Gasteiger partial charge in [-0.25, -0.2) is 4.98 Å². The first kappa shape index (κ1) is 19.2. The van der Waals surface area contributed by atoms with Crippen molar-refractivity contribution in [2.75, 3.05) is 32.1 Å². The Morgan fingerprint density at radius 2 is 1.81 bits per heavy atom. The fraction of sp³-hybridized carbons (Fsp3) is 0.412. The van der Waals surface area contributed by atoms with E-state index in [-0.39, 0.29) is 24.5 Å². The average Bonchev–Trinajstić information content (AvgIpc) is 3.12. The Morgan fingerprint density at radius 3 is 2.59 bits per heavy atom. The lowest BCUT2D eigenvalue weighted by Crippen LogP contribution is -2.44. The largest absolute Gasteiger partial charge is 0.431 e. The zero-order valence-electron chi connectivity index (χ0n) is 14.6. The van der Waals surface area contributed by atoms with E-state index >= 15 is 0 Å². The van der Waals surface area contributed by atoms with E-state index in [4.69, 9.17) is 9.15 Å². The molecule has 1 aliphatic heterocycles. The molecule has 1 saturated heterocycles. The predicted octanol–water partition coefficient (Wildman–Crippen LogP) is 0.706. The predicted molar refractivity (Wildman–Crippen MR) is 97.7 cm³/mol. The normalized spacial score (nSPS) is 14.1. The molecule has 0 spiro atoms. The first-order valence-electron chi connectivity index (χ1n) is 8.53. The second-order valence-electron chi connectivity index (χ2n) is 5.83. The lowest BCUT2D eigenvalue weighted by Gasteiger charge is -2.26. The van der Waals surface area contributed by atoms with Gasteiger partial charge in [-0.3, -0.25) is 25.2 Å². The van der Waals surface area contributed by atoms with Crippen molar-refractivity contribution in [2.24, 2.45) is 0 Å². The van der Waals surface area contributed by atoms with Gasteiger partial charge in [-0.2, -0.15) is 0 Å². The van der Waals surface area contributed by atoms with Gasteiger partial charge in [0.1, 0.15) is 5.52 Å². The van der Waals surface area contributed by atoms with Crippen molar-refractivity contribution < 1.29 is 23.5 Å². The van der Waals surface area contributed by atoms with Gasteiger partial charge in [0.25, 0.3) is 5.22 Å². The number of hydrogen-bond acceptors (Lipinski definition) is 7. The van der Waals surface area contributed by atoms with Crippen LogP contribution in [0.5, 0.6) is 0 Å². The number of fused-ring (bicyclic) bond motifs is 1. The molecule has 0 saturated carbocycles. The van der Waals surface area contributed by atoms with Gasteiger partial charge >= 0.3 is 0 Å². The third-order valence-electron chi connectivity index (χ3n) is 3.87.